The van der Waals surface area contributed by atoms with Crippen LogP contribution in [-0.4, -0.2) is 16.1 Å². The van der Waals surface area contributed by atoms with Gasteiger partial charge in [-0.1, -0.05) is 51.1 Å². The second kappa shape index (κ2) is 8.59. The number of non-ortho nitro benzene ring substituents is 1. The summed E-state index contributed by atoms with van der Waals surface area (Å²) in [6.07, 6.45) is 5.16. The van der Waals surface area contributed by atoms with Crippen molar-refractivity contribution in [2.75, 3.05) is 0 Å². The lowest BCUT2D eigenvalue weighted by atomic mass is 9.87. The number of nitro benzene ring substituents is 1. The van der Waals surface area contributed by atoms with Crippen molar-refractivity contribution in [3.8, 4) is 11.5 Å². The summed E-state index contributed by atoms with van der Waals surface area (Å²) in [5.41, 5.74) is 5.25. The van der Waals surface area contributed by atoms with Crippen molar-refractivity contribution < 1.29 is 9.34 Å². The van der Waals surface area contributed by atoms with Crippen molar-refractivity contribution in [2.45, 2.75) is 26.2 Å². The van der Waals surface area contributed by atoms with Crippen LogP contribution < -0.4 is 0 Å². The van der Waals surface area contributed by atoms with E-state index in [-0.39, 0.29) is 11.1 Å². The normalized spacial score (nSPS) is 12.2. The van der Waals surface area contributed by atoms with E-state index in [0.717, 1.165) is 22.3 Å². The number of aliphatic imine (C=N–C) groups is 1. The maximum absolute atomic E-state index is 10.9. The van der Waals surface area contributed by atoms with Crippen LogP contribution in [0, 0.1) is 10.1 Å². The second-order valence-corrected chi connectivity index (χ2v) is 8.49. The van der Waals surface area contributed by atoms with Gasteiger partial charge in [0.15, 0.2) is 5.58 Å². The van der Waals surface area contributed by atoms with Gasteiger partial charge in [-0.3, -0.25) is 15.1 Å². The van der Waals surface area contributed by atoms with Crippen LogP contribution in [0.5, 0.6) is 0 Å². The van der Waals surface area contributed by atoms with Crippen LogP contribution in [0.15, 0.2) is 82.2 Å². The number of nitro groups is 1. The van der Waals surface area contributed by atoms with Crippen molar-refractivity contribution in [3.63, 3.8) is 0 Å². The SMILES string of the molecule is CC(C)(C)c1ccc(-c2nc3cc(N=CC=Cc4cccc([N+](=O)[O-])c4)ccc3o2)cc1. The van der Waals surface area contributed by atoms with Gasteiger partial charge < -0.3 is 4.42 Å². The Balaban J connectivity index is 1.50. The first kappa shape index (κ1) is 21.2. The zero-order valence-corrected chi connectivity index (χ0v) is 18.1. The van der Waals surface area contributed by atoms with Gasteiger partial charge in [0.1, 0.15) is 5.52 Å². The summed E-state index contributed by atoms with van der Waals surface area (Å²) >= 11 is 0. The lowest BCUT2D eigenvalue weighted by Gasteiger charge is -2.18. The Morgan fingerprint density at radius 1 is 1.03 bits per heavy atom. The van der Waals surface area contributed by atoms with E-state index < -0.39 is 4.92 Å². The van der Waals surface area contributed by atoms with Gasteiger partial charge in [-0.25, -0.2) is 4.98 Å². The van der Waals surface area contributed by atoms with E-state index in [1.54, 1.807) is 30.5 Å². The molecule has 0 atom stereocenters. The maximum Gasteiger partial charge on any atom is 0.270 e. The second-order valence-electron chi connectivity index (χ2n) is 8.49. The highest BCUT2D eigenvalue weighted by atomic mass is 16.6. The maximum atomic E-state index is 10.9. The molecule has 0 fully saturated rings. The number of benzene rings is 3. The van der Waals surface area contributed by atoms with Gasteiger partial charge in [-0.15, -0.1) is 0 Å². The zero-order chi connectivity index (χ0) is 22.7. The molecule has 6 nitrogen and oxygen atoms in total. The fraction of sp³-hybridized carbons (Fsp3) is 0.154. The van der Waals surface area contributed by atoms with Crippen molar-refractivity contribution in [1.82, 2.24) is 4.98 Å². The first-order valence-corrected chi connectivity index (χ1v) is 10.3. The Morgan fingerprint density at radius 3 is 2.53 bits per heavy atom. The molecular weight excluding hydrogens is 402 g/mol. The number of hydrogen-bond donors (Lipinski definition) is 0. The average Bonchev–Trinajstić information content (AvgIpc) is 3.20. The monoisotopic (exact) mass is 425 g/mol. The van der Waals surface area contributed by atoms with E-state index in [1.165, 1.54) is 17.7 Å². The fourth-order valence-corrected chi connectivity index (χ4v) is 3.26. The molecule has 0 N–H and O–H groups in total. The zero-order valence-electron chi connectivity index (χ0n) is 18.1. The number of oxazole rings is 1. The number of allylic oxidation sites excluding steroid dienone is 1. The van der Waals surface area contributed by atoms with Gasteiger partial charge in [-0.05, 0) is 52.9 Å². The van der Waals surface area contributed by atoms with Crippen molar-refractivity contribution >= 4 is 34.8 Å². The molecule has 0 aliphatic carbocycles. The average molecular weight is 425 g/mol. The Labute approximate surface area is 186 Å². The summed E-state index contributed by atoms with van der Waals surface area (Å²) in [5, 5.41) is 10.9. The van der Waals surface area contributed by atoms with Gasteiger partial charge in [0.25, 0.3) is 5.69 Å². The minimum Gasteiger partial charge on any atom is -0.436 e. The summed E-state index contributed by atoms with van der Waals surface area (Å²) in [6.45, 7) is 6.55. The topological polar surface area (TPSA) is 81.5 Å². The first-order chi connectivity index (χ1) is 15.3. The number of nitrogens with zero attached hydrogens (tertiary/aromatic N) is 3. The van der Waals surface area contributed by atoms with Crippen LogP contribution in [0.2, 0.25) is 0 Å². The van der Waals surface area contributed by atoms with Gasteiger partial charge in [0, 0.05) is 23.9 Å². The van der Waals surface area contributed by atoms with Crippen LogP contribution in [0.4, 0.5) is 11.4 Å². The van der Waals surface area contributed by atoms with E-state index in [1.807, 2.05) is 30.3 Å². The number of hydrogen-bond acceptors (Lipinski definition) is 5. The van der Waals surface area contributed by atoms with Crippen LogP contribution in [-0.2, 0) is 5.41 Å². The Hall–Kier alpha value is -4.06. The van der Waals surface area contributed by atoms with E-state index >= 15 is 0 Å². The summed E-state index contributed by atoms with van der Waals surface area (Å²) in [6, 6.07) is 20.3. The Bertz CT molecular complexity index is 1330. The molecule has 4 aromatic rings. The third kappa shape index (κ3) is 4.81. The standard InChI is InChI=1S/C26H23N3O3/c1-26(2,3)20-11-9-19(10-12-20)25-28-23-17-21(13-14-24(23)32-25)27-15-5-7-18-6-4-8-22(16-18)29(30)31/h4-17H,1-3H3. The minimum atomic E-state index is -0.411. The lowest BCUT2D eigenvalue weighted by molar-refractivity contribution is -0.384. The smallest absolute Gasteiger partial charge is 0.270 e. The molecule has 0 spiro atoms. The van der Waals surface area contributed by atoms with Crippen LogP contribution >= 0.6 is 0 Å². The molecule has 32 heavy (non-hydrogen) atoms. The molecule has 160 valence electrons. The third-order valence-corrected chi connectivity index (χ3v) is 5.05. The fourth-order valence-electron chi connectivity index (χ4n) is 3.26. The number of rotatable bonds is 5. The molecule has 0 aliphatic heterocycles. The van der Waals surface area contributed by atoms with E-state index in [2.05, 4.69) is 42.9 Å². The number of fused-ring (bicyclic) bond motifs is 1. The molecule has 3 aromatic carbocycles. The summed E-state index contributed by atoms with van der Waals surface area (Å²) in [4.78, 5) is 19.5. The van der Waals surface area contributed by atoms with Gasteiger partial charge >= 0.3 is 0 Å². The molecule has 0 saturated heterocycles. The summed E-state index contributed by atoms with van der Waals surface area (Å²) in [5.74, 6) is 0.576. The molecular formula is C26H23N3O3. The molecule has 4 rings (SSSR count). The highest BCUT2D eigenvalue weighted by molar-refractivity contribution is 5.84. The van der Waals surface area contributed by atoms with Crippen LogP contribution in [0.25, 0.3) is 28.6 Å². The van der Waals surface area contributed by atoms with E-state index in [9.17, 15) is 10.1 Å². The van der Waals surface area contributed by atoms with Gasteiger partial charge in [-0.2, -0.15) is 0 Å². The molecule has 1 heterocycles. The summed E-state index contributed by atoms with van der Waals surface area (Å²) in [7, 11) is 0. The van der Waals surface area contributed by atoms with E-state index in [0.29, 0.717) is 11.5 Å². The first-order valence-electron chi connectivity index (χ1n) is 10.3. The molecule has 0 amide bonds. The lowest BCUT2D eigenvalue weighted by Crippen LogP contribution is -2.10. The molecule has 1 aromatic heterocycles. The van der Waals surface area contributed by atoms with Crippen LogP contribution in [0.3, 0.4) is 0 Å². The molecule has 0 radical (unpaired) electrons. The molecule has 0 aliphatic rings. The molecule has 0 saturated carbocycles. The Morgan fingerprint density at radius 2 is 1.81 bits per heavy atom. The summed E-state index contributed by atoms with van der Waals surface area (Å²) < 4.78 is 5.92. The highest BCUT2D eigenvalue weighted by Crippen LogP contribution is 2.29. The Kier molecular flexibility index (Phi) is 5.69. The quantitative estimate of drug-likeness (QED) is 0.194. The molecule has 0 bridgehead atoms. The molecule has 6 heteroatoms. The minimum absolute atomic E-state index is 0.0597. The van der Waals surface area contributed by atoms with Crippen LogP contribution in [0.1, 0.15) is 31.9 Å². The van der Waals surface area contributed by atoms with Gasteiger partial charge in [0.05, 0.1) is 10.6 Å². The van der Waals surface area contributed by atoms with Crippen molar-refractivity contribution in [3.05, 3.63) is 94.0 Å². The largest absolute Gasteiger partial charge is 0.436 e. The predicted molar refractivity (Wildman–Crippen MR) is 128 cm³/mol. The third-order valence-electron chi connectivity index (χ3n) is 5.05. The van der Waals surface area contributed by atoms with Gasteiger partial charge in [0.2, 0.25) is 5.89 Å². The van der Waals surface area contributed by atoms with Crippen molar-refractivity contribution in [1.29, 1.82) is 0 Å². The van der Waals surface area contributed by atoms with E-state index in [4.69, 9.17) is 4.42 Å². The number of aromatic nitrogens is 1. The predicted octanol–water partition coefficient (Wildman–Crippen LogP) is 7.12. The highest BCUT2D eigenvalue weighted by Gasteiger charge is 2.14. The molecule has 0 unspecified atom stereocenters. The van der Waals surface area contributed by atoms with Crippen molar-refractivity contribution in [2.24, 2.45) is 4.99 Å².